The van der Waals surface area contributed by atoms with Gasteiger partial charge in [0.2, 0.25) is 0 Å². The summed E-state index contributed by atoms with van der Waals surface area (Å²) in [6.45, 7) is 0.623. The number of benzene rings is 4. The Morgan fingerprint density at radius 1 is 0.618 bits per heavy atom. The van der Waals surface area contributed by atoms with Crippen molar-refractivity contribution < 1.29 is 14.3 Å². The highest BCUT2D eigenvalue weighted by molar-refractivity contribution is 5.75. The van der Waals surface area contributed by atoms with Gasteiger partial charge in [0, 0.05) is 18.4 Å². The van der Waals surface area contributed by atoms with Crippen LogP contribution in [-0.4, -0.2) is 11.3 Å². The Labute approximate surface area is 198 Å². The zero-order chi connectivity index (χ0) is 22.5. The molecule has 4 aromatic carbocycles. The SMILES string of the molecule is c1ccc2c(c1)CC1=C(O2)c2ccccc2O[C@H](N2Cc3ccccc3-c3ccccc3O2)C1. The molecule has 166 valence electrons. The molecule has 0 fully saturated rings. The van der Waals surface area contributed by atoms with E-state index in [9.17, 15) is 0 Å². The third kappa shape index (κ3) is 3.18. The van der Waals surface area contributed by atoms with Crippen LogP contribution in [0, 0.1) is 0 Å². The molecule has 7 rings (SSSR count). The van der Waals surface area contributed by atoms with Crippen LogP contribution in [0.3, 0.4) is 0 Å². The average Bonchev–Trinajstić information content (AvgIpc) is 3.15. The molecule has 0 unspecified atom stereocenters. The lowest BCUT2D eigenvalue weighted by Crippen LogP contribution is -2.41. The van der Waals surface area contributed by atoms with Crippen molar-refractivity contribution in [3.05, 3.63) is 119 Å². The van der Waals surface area contributed by atoms with Crippen LogP contribution < -0.4 is 14.3 Å². The standard InChI is InChI=1S/C30H23NO3/c1-3-11-23-21(10-1)19-31(34-28-16-8-4-12-24(23)28)29-18-22-17-20-9-2-6-14-26(20)33-30(22)25-13-5-7-15-27(25)32-29/h1-16,29H,17-19H2/t29-/m0/s1. The van der Waals surface area contributed by atoms with Crippen molar-refractivity contribution in [1.82, 2.24) is 5.06 Å². The topological polar surface area (TPSA) is 30.9 Å². The fourth-order valence-corrected chi connectivity index (χ4v) is 5.15. The van der Waals surface area contributed by atoms with Gasteiger partial charge in [-0.1, -0.05) is 77.9 Å². The van der Waals surface area contributed by atoms with Gasteiger partial charge in [0.25, 0.3) is 0 Å². The maximum Gasteiger partial charge on any atom is 0.188 e. The van der Waals surface area contributed by atoms with Crippen LogP contribution in [0.2, 0.25) is 0 Å². The summed E-state index contributed by atoms with van der Waals surface area (Å²) in [5, 5.41) is 1.98. The predicted molar refractivity (Wildman–Crippen MR) is 131 cm³/mol. The molecular weight excluding hydrogens is 422 g/mol. The minimum Gasteiger partial charge on any atom is -0.471 e. The molecule has 0 radical (unpaired) electrons. The summed E-state index contributed by atoms with van der Waals surface area (Å²) in [5.41, 5.74) is 6.93. The van der Waals surface area contributed by atoms with Crippen molar-refractivity contribution in [1.29, 1.82) is 0 Å². The summed E-state index contributed by atoms with van der Waals surface area (Å²) < 4.78 is 13.1. The number of nitrogens with zero attached hydrogens (tertiary/aromatic N) is 1. The number of rotatable bonds is 1. The summed E-state index contributed by atoms with van der Waals surface area (Å²) in [4.78, 5) is 6.54. The van der Waals surface area contributed by atoms with Gasteiger partial charge in [-0.2, -0.15) is 0 Å². The second-order valence-electron chi connectivity index (χ2n) is 8.91. The quantitative estimate of drug-likeness (QED) is 0.330. The van der Waals surface area contributed by atoms with Gasteiger partial charge in [0.15, 0.2) is 12.0 Å². The van der Waals surface area contributed by atoms with Crippen molar-refractivity contribution >= 4 is 5.76 Å². The molecule has 0 saturated carbocycles. The first kappa shape index (κ1) is 19.4. The molecule has 0 aromatic heterocycles. The number of hydrogen-bond acceptors (Lipinski definition) is 4. The van der Waals surface area contributed by atoms with E-state index in [1.54, 1.807) is 0 Å². The number of para-hydroxylation sites is 3. The van der Waals surface area contributed by atoms with E-state index in [1.807, 2.05) is 47.5 Å². The highest BCUT2D eigenvalue weighted by Gasteiger charge is 2.35. The Morgan fingerprint density at radius 2 is 1.26 bits per heavy atom. The molecule has 0 N–H and O–H groups in total. The smallest absolute Gasteiger partial charge is 0.188 e. The van der Waals surface area contributed by atoms with E-state index in [1.165, 1.54) is 22.3 Å². The van der Waals surface area contributed by atoms with Gasteiger partial charge in [0.1, 0.15) is 17.3 Å². The normalized spacial score (nSPS) is 18.4. The minimum atomic E-state index is -0.304. The number of hydroxylamine groups is 2. The lowest BCUT2D eigenvalue weighted by atomic mass is 9.95. The maximum absolute atomic E-state index is 6.65. The Kier molecular flexibility index (Phi) is 4.45. The molecule has 1 atom stereocenters. The zero-order valence-corrected chi connectivity index (χ0v) is 18.6. The van der Waals surface area contributed by atoms with E-state index in [0.717, 1.165) is 40.6 Å². The fraction of sp³-hybridized carbons (Fsp3) is 0.133. The minimum absolute atomic E-state index is 0.304. The van der Waals surface area contributed by atoms with Crippen LogP contribution in [0.15, 0.2) is 103 Å². The number of ether oxygens (including phenoxy) is 2. The summed E-state index contributed by atoms with van der Waals surface area (Å²) in [5.74, 6) is 3.48. The van der Waals surface area contributed by atoms with Crippen LogP contribution in [0.4, 0.5) is 0 Å². The van der Waals surface area contributed by atoms with E-state index in [4.69, 9.17) is 14.3 Å². The summed E-state index contributed by atoms with van der Waals surface area (Å²) in [6.07, 6.45) is 1.21. The molecule has 4 nitrogen and oxygen atoms in total. The molecule has 3 aliphatic rings. The maximum atomic E-state index is 6.65. The molecule has 4 aromatic rings. The molecule has 0 amide bonds. The van der Waals surface area contributed by atoms with Crippen molar-refractivity contribution in [2.24, 2.45) is 0 Å². The van der Waals surface area contributed by atoms with Crippen molar-refractivity contribution in [2.75, 3.05) is 0 Å². The van der Waals surface area contributed by atoms with Gasteiger partial charge in [0.05, 0.1) is 12.1 Å². The van der Waals surface area contributed by atoms with E-state index in [-0.39, 0.29) is 6.23 Å². The van der Waals surface area contributed by atoms with E-state index in [0.29, 0.717) is 13.0 Å². The highest BCUT2D eigenvalue weighted by atomic mass is 16.7. The fourth-order valence-electron chi connectivity index (χ4n) is 5.15. The lowest BCUT2D eigenvalue weighted by Gasteiger charge is -2.30. The first-order valence-corrected chi connectivity index (χ1v) is 11.7. The van der Waals surface area contributed by atoms with Crippen LogP contribution in [0.1, 0.15) is 23.1 Å². The summed E-state index contributed by atoms with van der Waals surface area (Å²) in [7, 11) is 0. The van der Waals surface area contributed by atoms with Gasteiger partial charge in [-0.05, 0) is 46.5 Å². The summed E-state index contributed by atoms with van der Waals surface area (Å²) >= 11 is 0. The van der Waals surface area contributed by atoms with Gasteiger partial charge in [-0.25, -0.2) is 0 Å². The summed E-state index contributed by atoms with van der Waals surface area (Å²) in [6, 6.07) is 33.1. The molecule has 0 saturated heterocycles. The number of hydrogen-bond donors (Lipinski definition) is 0. The van der Waals surface area contributed by atoms with Gasteiger partial charge >= 0.3 is 0 Å². The first-order valence-electron chi connectivity index (χ1n) is 11.7. The Hall–Kier alpha value is -4.02. The molecular formula is C30H23NO3. The second-order valence-corrected chi connectivity index (χ2v) is 8.91. The van der Waals surface area contributed by atoms with Crippen LogP contribution >= 0.6 is 0 Å². The van der Waals surface area contributed by atoms with Crippen molar-refractivity contribution in [2.45, 2.75) is 25.6 Å². The molecule has 0 aliphatic carbocycles. The molecule has 4 heteroatoms. The van der Waals surface area contributed by atoms with Gasteiger partial charge in [-0.3, -0.25) is 0 Å². The third-order valence-electron chi connectivity index (χ3n) is 6.78. The lowest BCUT2D eigenvalue weighted by molar-refractivity contribution is -0.165. The Balaban J connectivity index is 1.32. The van der Waals surface area contributed by atoms with Crippen molar-refractivity contribution in [3.63, 3.8) is 0 Å². The predicted octanol–water partition coefficient (Wildman–Crippen LogP) is 6.62. The molecule has 0 spiro atoms. The van der Waals surface area contributed by atoms with E-state index < -0.39 is 0 Å². The molecule has 34 heavy (non-hydrogen) atoms. The second kappa shape index (κ2) is 7.79. The molecule has 0 bridgehead atoms. The third-order valence-corrected chi connectivity index (χ3v) is 6.78. The molecule has 3 heterocycles. The Bertz CT molecular complexity index is 1390. The van der Waals surface area contributed by atoms with Crippen LogP contribution in [0.25, 0.3) is 16.9 Å². The van der Waals surface area contributed by atoms with E-state index in [2.05, 4.69) is 54.6 Å². The van der Waals surface area contributed by atoms with Gasteiger partial charge in [-0.15, -0.1) is 0 Å². The number of fused-ring (bicyclic) bond motifs is 6. The average molecular weight is 446 g/mol. The van der Waals surface area contributed by atoms with E-state index >= 15 is 0 Å². The zero-order valence-electron chi connectivity index (χ0n) is 18.6. The Morgan fingerprint density at radius 3 is 2.12 bits per heavy atom. The van der Waals surface area contributed by atoms with Crippen molar-refractivity contribution in [3.8, 4) is 28.4 Å². The molecule has 3 aliphatic heterocycles. The van der Waals surface area contributed by atoms with Gasteiger partial charge < -0.3 is 14.3 Å². The monoisotopic (exact) mass is 445 g/mol. The first-order chi connectivity index (χ1) is 16.8. The van der Waals surface area contributed by atoms with Crippen LogP contribution in [-0.2, 0) is 13.0 Å². The highest BCUT2D eigenvalue weighted by Crippen LogP contribution is 2.44. The van der Waals surface area contributed by atoms with Crippen LogP contribution in [0.5, 0.6) is 17.2 Å². The largest absolute Gasteiger partial charge is 0.471 e.